The molecule has 0 unspecified atom stereocenters. The summed E-state index contributed by atoms with van der Waals surface area (Å²) in [6, 6.07) is 2.64. The van der Waals surface area contributed by atoms with Crippen LogP contribution in [0.4, 0.5) is 0 Å². The highest BCUT2D eigenvalue weighted by atomic mass is 28.3. The van der Waals surface area contributed by atoms with E-state index >= 15 is 0 Å². The Morgan fingerprint density at radius 3 is 2.29 bits per heavy atom. The predicted octanol–water partition coefficient (Wildman–Crippen LogP) is 4.03. The summed E-state index contributed by atoms with van der Waals surface area (Å²) in [7, 11) is -0.285. The van der Waals surface area contributed by atoms with Gasteiger partial charge in [-0.1, -0.05) is 45.2 Å². The van der Waals surface area contributed by atoms with Gasteiger partial charge in [-0.05, 0) is 18.8 Å². The zero-order valence-corrected chi connectivity index (χ0v) is 10.7. The minimum absolute atomic E-state index is 0.285. The van der Waals surface area contributed by atoms with Gasteiger partial charge in [-0.3, -0.25) is 0 Å². The molecular weight excluding hydrogens is 184 g/mol. The molecule has 1 rings (SSSR count). The molecule has 0 spiro atoms. The van der Waals surface area contributed by atoms with Crippen LogP contribution in [0.1, 0.15) is 52.4 Å². The van der Waals surface area contributed by atoms with Crippen molar-refractivity contribution in [1.29, 1.82) is 0 Å². The molecule has 1 aliphatic carbocycles. The van der Waals surface area contributed by atoms with Gasteiger partial charge in [0.2, 0.25) is 0 Å². The molecule has 0 heterocycles. The summed E-state index contributed by atoms with van der Waals surface area (Å²) in [4.78, 5) is 0. The van der Waals surface area contributed by atoms with E-state index in [-0.39, 0.29) is 8.80 Å². The van der Waals surface area contributed by atoms with Gasteiger partial charge in [0.15, 0.2) is 0 Å². The quantitative estimate of drug-likeness (QED) is 0.484. The zero-order valence-electron chi connectivity index (χ0n) is 9.73. The molecule has 0 aromatic carbocycles. The van der Waals surface area contributed by atoms with Crippen LogP contribution in [-0.4, -0.2) is 8.80 Å². The summed E-state index contributed by atoms with van der Waals surface area (Å²) in [5.74, 6) is 4.39. The third kappa shape index (κ3) is 4.33. The molecule has 1 fully saturated rings. The van der Waals surface area contributed by atoms with Crippen molar-refractivity contribution in [1.82, 2.24) is 0 Å². The van der Waals surface area contributed by atoms with Crippen molar-refractivity contribution in [2.45, 2.75) is 64.5 Å². The molecule has 0 N–H and O–H groups in total. The number of hydrogen-bond donors (Lipinski definition) is 0. The van der Waals surface area contributed by atoms with Crippen LogP contribution in [0.25, 0.3) is 0 Å². The largest absolute Gasteiger partial charge is 0.144 e. The number of hydrogen-bond acceptors (Lipinski definition) is 0. The van der Waals surface area contributed by atoms with Crippen LogP contribution < -0.4 is 0 Å². The van der Waals surface area contributed by atoms with Crippen molar-refractivity contribution >= 4 is 8.80 Å². The summed E-state index contributed by atoms with van der Waals surface area (Å²) in [6.45, 7) is 4.57. The lowest BCUT2D eigenvalue weighted by atomic mass is 9.87. The standard InChI is InChI=1S/C13H23Si/c1-3-14(4-2)12-8-11-13-9-6-5-7-10-13/h13H,3-7,9-11H2,1-2H3. The highest BCUT2D eigenvalue weighted by Gasteiger charge is 2.11. The number of rotatable bonds is 3. The minimum Gasteiger partial charge on any atom is -0.133 e. The molecule has 1 radical (unpaired) electrons. The summed E-state index contributed by atoms with van der Waals surface area (Å²) in [5, 5.41) is 0. The second-order valence-electron chi connectivity index (χ2n) is 4.32. The Hall–Kier alpha value is -0.223. The van der Waals surface area contributed by atoms with E-state index in [2.05, 4.69) is 25.3 Å². The monoisotopic (exact) mass is 207 g/mol. The van der Waals surface area contributed by atoms with E-state index < -0.39 is 0 Å². The molecule has 0 amide bonds. The average molecular weight is 207 g/mol. The maximum Gasteiger partial charge on any atom is 0.144 e. The van der Waals surface area contributed by atoms with E-state index in [9.17, 15) is 0 Å². The Kier molecular flexibility index (Phi) is 6.03. The molecule has 1 aliphatic rings. The van der Waals surface area contributed by atoms with Gasteiger partial charge >= 0.3 is 0 Å². The van der Waals surface area contributed by atoms with E-state index in [4.69, 9.17) is 0 Å². The van der Waals surface area contributed by atoms with Crippen molar-refractivity contribution in [2.24, 2.45) is 5.92 Å². The third-order valence-electron chi connectivity index (χ3n) is 3.23. The third-order valence-corrected chi connectivity index (χ3v) is 5.47. The Morgan fingerprint density at radius 2 is 1.71 bits per heavy atom. The summed E-state index contributed by atoms with van der Waals surface area (Å²) >= 11 is 0. The highest BCUT2D eigenvalue weighted by molar-refractivity contribution is 6.67. The second kappa shape index (κ2) is 7.12. The summed E-state index contributed by atoms with van der Waals surface area (Å²) < 4.78 is 0. The van der Waals surface area contributed by atoms with E-state index in [1.54, 1.807) is 0 Å². The fraction of sp³-hybridized carbons (Fsp3) is 0.846. The lowest BCUT2D eigenvalue weighted by Gasteiger charge is -2.18. The van der Waals surface area contributed by atoms with Crippen LogP contribution in [0.3, 0.4) is 0 Å². The molecule has 79 valence electrons. The van der Waals surface area contributed by atoms with Crippen LogP contribution >= 0.6 is 0 Å². The average Bonchev–Trinajstić information content (AvgIpc) is 2.26. The first-order valence-corrected chi connectivity index (χ1v) is 8.11. The Bertz CT molecular complexity index is 189. The Balaban J connectivity index is 2.22. The maximum atomic E-state index is 3.52. The van der Waals surface area contributed by atoms with Crippen LogP contribution in [0, 0.1) is 17.4 Å². The molecule has 1 heteroatoms. The van der Waals surface area contributed by atoms with Gasteiger partial charge in [0, 0.05) is 6.42 Å². The van der Waals surface area contributed by atoms with Crippen molar-refractivity contribution < 1.29 is 0 Å². The van der Waals surface area contributed by atoms with Gasteiger partial charge in [0.05, 0.1) is 0 Å². The van der Waals surface area contributed by atoms with Crippen molar-refractivity contribution in [3.63, 3.8) is 0 Å². The van der Waals surface area contributed by atoms with E-state index in [1.165, 1.54) is 50.6 Å². The smallest absolute Gasteiger partial charge is 0.133 e. The van der Waals surface area contributed by atoms with Gasteiger partial charge in [-0.2, -0.15) is 0 Å². The van der Waals surface area contributed by atoms with Crippen molar-refractivity contribution in [2.75, 3.05) is 0 Å². The minimum atomic E-state index is -0.285. The topological polar surface area (TPSA) is 0 Å². The Morgan fingerprint density at radius 1 is 1.07 bits per heavy atom. The molecule has 14 heavy (non-hydrogen) atoms. The highest BCUT2D eigenvalue weighted by Crippen LogP contribution is 2.25. The molecule has 0 saturated heterocycles. The van der Waals surface area contributed by atoms with Crippen LogP contribution in [-0.2, 0) is 0 Å². The zero-order chi connectivity index (χ0) is 10.2. The fourth-order valence-electron chi connectivity index (χ4n) is 2.14. The fourth-order valence-corrected chi connectivity index (χ4v) is 3.34. The first kappa shape index (κ1) is 11.8. The van der Waals surface area contributed by atoms with Gasteiger partial charge in [0.25, 0.3) is 0 Å². The maximum absolute atomic E-state index is 3.52. The van der Waals surface area contributed by atoms with Gasteiger partial charge in [0.1, 0.15) is 8.80 Å². The molecule has 0 aromatic rings. The van der Waals surface area contributed by atoms with Crippen LogP contribution in [0.2, 0.25) is 12.1 Å². The second-order valence-corrected chi connectivity index (χ2v) is 7.19. The SMILES string of the molecule is CC[Si](C#CCC1CCCCC1)CC. The molecule has 0 bridgehead atoms. The van der Waals surface area contributed by atoms with Crippen LogP contribution in [0.15, 0.2) is 0 Å². The van der Waals surface area contributed by atoms with E-state index in [0.717, 1.165) is 5.92 Å². The molecule has 0 atom stereocenters. The summed E-state index contributed by atoms with van der Waals surface area (Å²) in [6.07, 6.45) is 8.43. The lowest BCUT2D eigenvalue weighted by Crippen LogP contribution is -2.07. The van der Waals surface area contributed by atoms with Crippen LogP contribution in [0.5, 0.6) is 0 Å². The van der Waals surface area contributed by atoms with E-state index in [1.807, 2.05) is 0 Å². The van der Waals surface area contributed by atoms with E-state index in [0.29, 0.717) is 0 Å². The summed E-state index contributed by atoms with van der Waals surface area (Å²) in [5.41, 5.74) is 3.52. The lowest BCUT2D eigenvalue weighted by molar-refractivity contribution is 0.365. The Labute approximate surface area is 91.1 Å². The first-order valence-electron chi connectivity index (χ1n) is 6.20. The van der Waals surface area contributed by atoms with Crippen molar-refractivity contribution in [3.8, 4) is 11.5 Å². The van der Waals surface area contributed by atoms with Gasteiger partial charge in [-0.25, -0.2) is 0 Å². The predicted molar refractivity (Wildman–Crippen MR) is 65.7 cm³/mol. The molecule has 0 aliphatic heterocycles. The van der Waals surface area contributed by atoms with Gasteiger partial charge < -0.3 is 0 Å². The van der Waals surface area contributed by atoms with Gasteiger partial charge in [-0.15, -0.1) is 11.5 Å². The van der Waals surface area contributed by atoms with Crippen molar-refractivity contribution in [3.05, 3.63) is 0 Å². The molecule has 0 aromatic heterocycles. The first-order chi connectivity index (χ1) is 6.86. The molecule has 1 saturated carbocycles. The molecular formula is C13H23Si. The normalized spacial score (nSPS) is 17.9. The molecule has 0 nitrogen and oxygen atoms in total.